The summed E-state index contributed by atoms with van der Waals surface area (Å²) in [6.45, 7) is 4.44. The summed E-state index contributed by atoms with van der Waals surface area (Å²) in [4.78, 5) is 20.2. The molecule has 0 aromatic heterocycles. The van der Waals surface area contributed by atoms with Crippen LogP contribution in [0.2, 0.25) is 0 Å². The van der Waals surface area contributed by atoms with Crippen molar-refractivity contribution in [3.05, 3.63) is 0 Å². The van der Waals surface area contributed by atoms with Crippen molar-refractivity contribution in [1.82, 2.24) is 12.3 Å². The normalized spacial score (nSPS) is 9.35. The van der Waals surface area contributed by atoms with E-state index in [0.717, 1.165) is 25.7 Å². The summed E-state index contributed by atoms with van der Waals surface area (Å²) >= 11 is 0. The molecule has 31 heavy (non-hydrogen) atoms. The van der Waals surface area contributed by atoms with Crippen LogP contribution in [0.15, 0.2) is 0 Å². The molecule has 0 saturated heterocycles. The van der Waals surface area contributed by atoms with Crippen LogP contribution in [0.5, 0.6) is 0 Å². The van der Waals surface area contributed by atoms with E-state index in [-0.39, 0.29) is 41.9 Å². The summed E-state index contributed by atoms with van der Waals surface area (Å²) in [6, 6.07) is 0. The summed E-state index contributed by atoms with van der Waals surface area (Å²) in [7, 11) is 0. The fraction of sp³-hybridized carbons (Fsp3) is 0.917. The molecule has 0 spiro atoms. The second-order valence-corrected chi connectivity index (χ2v) is 7.90. The maximum absolute atomic E-state index is 10.1. The zero-order valence-electron chi connectivity index (χ0n) is 20.5. The molecule has 0 saturated carbocycles. The Labute approximate surface area is 203 Å². The molecule has 6 nitrogen and oxygen atoms in total. The number of carbonyl (C=O) groups excluding carboxylic acids is 2. The van der Waals surface area contributed by atoms with Crippen LogP contribution in [0.1, 0.15) is 142 Å². The van der Waals surface area contributed by atoms with Crippen LogP contribution in [0.25, 0.3) is 0 Å². The van der Waals surface area contributed by atoms with Gasteiger partial charge in [-0.1, -0.05) is 117 Å². The fourth-order valence-corrected chi connectivity index (χ4v) is 3.16. The molecule has 7 heteroatoms. The van der Waals surface area contributed by atoms with Gasteiger partial charge in [0.1, 0.15) is 0 Å². The van der Waals surface area contributed by atoms with Gasteiger partial charge in [0, 0.05) is 11.9 Å². The van der Waals surface area contributed by atoms with Crippen LogP contribution < -0.4 is 22.5 Å². The number of carboxylic acids is 2. The summed E-state index contributed by atoms with van der Waals surface area (Å²) in [5.41, 5.74) is 0. The van der Waals surface area contributed by atoms with E-state index in [1.165, 1.54) is 89.9 Å². The van der Waals surface area contributed by atoms with Crippen molar-refractivity contribution in [2.45, 2.75) is 142 Å². The van der Waals surface area contributed by atoms with E-state index in [2.05, 4.69) is 13.8 Å². The van der Waals surface area contributed by atoms with Crippen molar-refractivity contribution in [3.63, 3.8) is 0 Å². The summed E-state index contributed by atoms with van der Waals surface area (Å²) in [6.07, 6.45) is 22.3. The zero-order valence-corrected chi connectivity index (χ0v) is 21.6. The number of hydrogen-bond acceptors (Lipinski definition) is 6. The van der Waals surface area contributed by atoms with E-state index in [9.17, 15) is 19.8 Å². The van der Waals surface area contributed by atoms with Gasteiger partial charge in [0.05, 0.1) is 0 Å². The smallest absolute Gasteiger partial charge is 0.550 e. The first kappa shape index (κ1) is 40.7. The van der Waals surface area contributed by atoms with Gasteiger partial charge in [-0.05, 0) is 25.7 Å². The molecule has 0 aromatic rings. The minimum atomic E-state index is -0.909. The van der Waals surface area contributed by atoms with Crippen LogP contribution in [-0.4, -0.2) is 11.9 Å². The van der Waals surface area contributed by atoms with Gasteiger partial charge < -0.3 is 32.1 Å². The average Bonchev–Trinajstić information content (AvgIpc) is 2.65. The SMILES string of the molecule is CCCCCCCCCCCC(=O)[O-].CCCCCCCCCCCC(=O)[O-].N.N.[Co+2]. The Morgan fingerprint density at radius 2 is 0.645 bits per heavy atom. The molecule has 0 aliphatic carbocycles. The first-order valence-corrected chi connectivity index (χ1v) is 11.9. The number of carboxylic acid groups (broad SMARTS) is 2. The minimum Gasteiger partial charge on any atom is -0.550 e. The first-order chi connectivity index (χ1) is 13.5. The van der Waals surface area contributed by atoms with Crippen molar-refractivity contribution >= 4 is 11.9 Å². The van der Waals surface area contributed by atoms with Crippen molar-refractivity contribution in [2.75, 3.05) is 0 Å². The fourth-order valence-electron chi connectivity index (χ4n) is 3.16. The quantitative estimate of drug-likeness (QED) is 0.210. The van der Waals surface area contributed by atoms with Gasteiger partial charge in [-0.15, -0.1) is 0 Å². The predicted octanol–water partition coefficient (Wildman–Crippen LogP) is 5.64. The average molecular weight is 492 g/mol. The molecule has 0 aromatic carbocycles. The Hall–Kier alpha value is -0.634. The van der Waals surface area contributed by atoms with Crippen LogP contribution in [-0.2, 0) is 26.4 Å². The number of rotatable bonds is 20. The Morgan fingerprint density at radius 3 is 0.839 bits per heavy atom. The van der Waals surface area contributed by atoms with Crippen molar-refractivity contribution < 1.29 is 36.6 Å². The predicted molar refractivity (Wildman–Crippen MR) is 124 cm³/mol. The third-order valence-electron chi connectivity index (χ3n) is 4.97. The molecule has 0 rings (SSSR count). The molecule has 0 bridgehead atoms. The Morgan fingerprint density at radius 1 is 0.452 bits per heavy atom. The third kappa shape index (κ3) is 48.2. The van der Waals surface area contributed by atoms with Gasteiger partial charge in [0.15, 0.2) is 0 Å². The molecule has 0 atom stereocenters. The van der Waals surface area contributed by atoms with Crippen LogP contribution in [0.3, 0.4) is 0 Å². The van der Waals surface area contributed by atoms with Gasteiger partial charge >= 0.3 is 16.8 Å². The number of aliphatic carboxylic acids is 2. The molecule has 191 valence electrons. The Balaban J connectivity index is -0.000000133. The van der Waals surface area contributed by atoms with E-state index < -0.39 is 11.9 Å². The Bertz CT molecular complexity index is 314. The van der Waals surface area contributed by atoms with Gasteiger partial charge in [0.2, 0.25) is 0 Å². The van der Waals surface area contributed by atoms with E-state index in [0.29, 0.717) is 0 Å². The molecular weight excluding hydrogens is 439 g/mol. The first-order valence-electron chi connectivity index (χ1n) is 11.9. The van der Waals surface area contributed by atoms with Crippen LogP contribution in [0.4, 0.5) is 0 Å². The standard InChI is InChI=1S/2C12H24O2.Co.2H3N/c2*1-2-3-4-5-6-7-8-9-10-11-12(13)14;;;/h2*2-11H2,1H3,(H,13,14);;2*1H3/q;;+2;;/p-2. The van der Waals surface area contributed by atoms with Gasteiger partial charge in [0.25, 0.3) is 0 Å². The molecule has 0 amide bonds. The minimum absolute atomic E-state index is 0. The largest absolute Gasteiger partial charge is 2.00 e. The van der Waals surface area contributed by atoms with Gasteiger partial charge in [-0.2, -0.15) is 0 Å². The molecule has 0 aliphatic rings. The van der Waals surface area contributed by atoms with E-state index in [1.54, 1.807) is 0 Å². The summed E-state index contributed by atoms with van der Waals surface area (Å²) in [5, 5.41) is 20.2. The summed E-state index contributed by atoms with van der Waals surface area (Å²) < 4.78 is 0. The molecule has 6 N–H and O–H groups in total. The summed E-state index contributed by atoms with van der Waals surface area (Å²) in [5.74, 6) is -1.82. The monoisotopic (exact) mass is 491 g/mol. The molecule has 0 fully saturated rings. The van der Waals surface area contributed by atoms with Crippen molar-refractivity contribution in [3.8, 4) is 0 Å². The number of unbranched alkanes of at least 4 members (excludes halogenated alkanes) is 16. The van der Waals surface area contributed by atoms with E-state index in [1.807, 2.05) is 0 Å². The van der Waals surface area contributed by atoms with Gasteiger partial charge in [-0.3, -0.25) is 0 Å². The van der Waals surface area contributed by atoms with E-state index in [4.69, 9.17) is 0 Å². The van der Waals surface area contributed by atoms with Crippen LogP contribution in [0, 0.1) is 0 Å². The second-order valence-electron chi connectivity index (χ2n) is 7.90. The molecule has 1 radical (unpaired) electrons. The maximum Gasteiger partial charge on any atom is 2.00 e. The number of carbonyl (C=O) groups is 2. The third-order valence-corrected chi connectivity index (χ3v) is 4.97. The van der Waals surface area contributed by atoms with Gasteiger partial charge in [-0.25, -0.2) is 0 Å². The zero-order chi connectivity index (χ0) is 21.3. The molecular formula is C24H52CoN2O4. The van der Waals surface area contributed by atoms with Crippen molar-refractivity contribution in [1.29, 1.82) is 0 Å². The molecule has 0 unspecified atom stereocenters. The van der Waals surface area contributed by atoms with Crippen molar-refractivity contribution in [2.24, 2.45) is 0 Å². The van der Waals surface area contributed by atoms with E-state index >= 15 is 0 Å². The Kier molecular flexibility index (Phi) is 48.2. The molecule has 0 heterocycles. The maximum atomic E-state index is 10.1. The molecule has 0 aliphatic heterocycles. The number of hydrogen-bond donors (Lipinski definition) is 2. The topological polar surface area (TPSA) is 150 Å². The van der Waals surface area contributed by atoms with Crippen LogP contribution >= 0.6 is 0 Å². The second kappa shape index (κ2) is 36.7.